The summed E-state index contributed by atoms with van der Waals surface area (Å²) in [6, 6.07) is 16.9. The maximum atomic E-state index is 3.48. The molecule has 1 N–H and O–H groups in total. The molecule has 0 saturated heterocycles. The van der Waals surface area contributed by atoms with Crippen molar-refractivity contribution in [1.82, 2.24) is 0 Å². The van der Waals surface area contributed by atoms with E-state index in [1.807, 2.05) is 0 Å². The Hall–Kier alpha value is -0.300. The molecule has 88 valence electrons. The van der Waals surface area contributed by atoms with Crippen molar-refractivity contribution in [2.45, 2.75) is 6.42 Å². The van der Waals surface area contributed by atoms with Crippen molar-refractivity contribution < 1.29 is 0 Å². The number of nitrogens with one attached hydrogen (secondary N) is 1. The average Bonchev–Trinajstić information content (AvgIpc) is 2.34. The summed E-state index contributed by atoms with van der Waals surface area (Å²) in [7, 11) is 0. The van der Waals surface area contributed by atoms with Crippen LogP contribution in [0.25, 0.3) is 0 Å². The van der Waals surface area contributed by atoms with Crippen LogP contribution in [-0.4, -0.2) is 6.54 Å². The van der Waals surface area contributed by atoms with E-state index in [1.54, 1.807) is 0 Å². The van der Waals surface area contributed by atoms with Gasteiger partial charge in [0.25, 0.3) is 0 Å². The molecule has 2 aromatic rings. The van der Waals surface area contributed by atoms with Gasteiger partial charge in [-0.05, 0) is 75.4 Å². The van der Waals surface area contributed by atoms with E-state index in [2.05, 4.69) is 99.0 Å². The largest absolute Gasteiger partial charge is 0.384 e. The first-order chi connectivity index (χ1) is 8.27. The molecule has 2 rings (SSSR count). The van der Waals surface area contributed by atoms with Crippen molar-refractivity contribution in [1.29, 1.82) is 0 Å². The first-order valence-corrected chi connectivity index (χ1v) is 7.65. The molecule has 0 aromatic heterocycles. The van der Waals surface area contributed by atoms with Gasteiger partial charge in [0.1, 0.15) is 0 Å². The molecule has 1 nitrogen and oxygen atoms in total. The summed E-state index contributed by atoms with van der Waals surface area (Å²) in [4.78, 5) is 0. The Kier molecular flexibility index (Phi) is 5.09. The lowest BCUT2D eigenvalue weighted by molar-refractivity contribution is 1.01. The second-order valence-corrected chi connectivity index (χ2v) is 6.07. The summed E-state index contributed by atoms with van der Waals surface area (Å²) >= 11 is 4.75. The van der Waals surface area contributed by atoms with Crippen molar-refractivity contribution in [2.75, 3.05) is 11.9 Å². The zero-order valence-electron chi connectivity index (χ0n) is 9.29. The lowest BCUT2D eigenvalue weighted by atomic mass is 10.1. The highest BCUT2D eigenvalue weighted by atomic mass is 127. The highest BCUT2D eigenvalue weighted by Gasteiger charge is 1.99. The third-order valence-corrected chi connectivity index (χ3v) is 4.53. The smallest absolute Gasteiger partial charge is 0.0475 e. The molecule has 0 bridgehead atoms. The predicted octanol–water partition coefficient (Wildman–Crippen LogP) is 4.55. The van der Waals surface area contributed by atoms with E-state index in [0.29, 0.717) is 0 Å². The van der Waals surface area contributed by atoms with Crippen LogP contribution in [0.15, 0.2) is 48.5 Å². The van der Waals surface area contributed by atoms with Crippen LogP contribution in [0, 0.1) is 7.14 Å². The van der Waals surface area contributed by atoms with Gasteiger partial charge in [0.05, 0.1) is 0 Å². The van der Waals surface area contributed by atoms with Crippen LogP contribution >= 0.6 is 45.2 Å². The molecule has 0 heterocycles. The molecule has 0 amide bonds. The molecule has 0 radical (unpaired) electrons. The first kappa shape index (κ1) is 13.1. The molecule has 0 aliphatic carbocycles. The number of para-hydroxylation sites is 1. The number of anilines is 1. The standard InChI is InChI=1S/C14H13I2N/c15-12-6-2-1-5-11(12)9-10-17-14-8-4-3-7-13(14)16/h1-8,17H,9-10H2. The van der Waals surface area contributed by atoms with E-state index in [1.165, 1.54) is 18.4 Å². The summed E-state index contributed by atoms with van der Waals surface area (Å²) < 4.78 is 2.61. The monoisotopic (exact) mass is 449 g/mol. The maximum absolute atomic E-state index is 3.48. The molecular formula is C14H13I2N. The normalized spacial score (nSPS) is 10.2. The molecule has 0 aliphatic heterocycles. The molecule has 2 aromatic carbocycles. The van der Waals surface area contributed by atoms with Crippen molar-refractivity contribution in [3.8, 4) is 0 Å². The molecule has 0 fully saturated rings. The summed E-state index contributed by atoms with van der Waals surface area (Å²) in [5.41, 5.74) is 2.63. The molecule has 0 unspecified atom stereocenters. The summed E-state index contributed by atoms with van der Waals surface area (Å²) in [6.45, 7) is 0.972. The number of benzene rings is 2. The Morgan fingerprint density at radius 3 is 2.18 bits per heavy atom. The second-order valence-electron chi connectivity index (χ2n) is 3.75. The van der Waals surface area contributed by atoms with E-state index < -0.39 is 0 Å². The van der Waals surface area contributed by atoms with Crippen LogP contribution in [0.5, 0.6) is 0 Å². The topological polar surface area (TPSA) is 12.0 Å². The highest BCUT2D eigenvalue weighted by Crippen LogP contribution is 2.17. The Bertz CT molecular complexity index is 452. The fourth-order valence-corrected chi connectivity index (χ4v) is 2.87. The van der Waals surface area contributed by atoms with Gasteiger partial charge in [0, 0.05) is 19.4 Å². The number of rotatable bonds is 4. The van der Waals surface area contributed by atoms with Gasteiger partial charge in [0.2, 0.25) is 0 Å². The van der Waals surface area contributed by atoms with Crippen molar-refractivity contribution in [3.05, 3.63) is 61.2 Å². The predicted molar refractivity (Wildman–Crippen MR) is 90.5 cm³/mol. The average molecular weight is 449 g/mol. The highest BCUT2D eigenvalue weighted by molar-refractivity contribution is 14.1. The fraction of sp³-hybridized carbons (Fsp3) is 0.143. The lowest BCUT2D eigenvalue weighted by Crippen LogP contribution is -2.06. The SMILES string of the molecule is Ic1ccccc1CCNc1ccccc1I. The van der Waals surface area contributed by atoms with Crippen molar-refractivity contribution in [2.24, 2.45) is 0 Å². The summed E-state index contributed by atoms with van der Waals surface area (Å²) in [5, 5.41) is 3.48. The van der Waals surface area contributed by atoms with E-state index in [0.717, 1.165) is 13.0 Å². The van der Waals surface area contributed by atoms with Crippen LogP contribution in [0.3, 0.4) is 0 Å². The van der Waals surface area contributed by atoms with Crippen LogP contribution < -0.4 is 5.32 Å². The third kappa shape index (κ3) is 3.84. The maximum Gasteiger partial charge on any atom is 0.0475 e. The van der Waals surface area contributed by atoms with Crippen molar-refractivity contribution >= 4 is 50.9 Å². The molecule has 0 saturated carbocycles. The minimum absolute atomic E-state index is 0.972. The summed E-state index contributed by atoms with van der Waals surface area (Å²) in [5.74, 6) is 0. The van der Waals surface area contributed by atoms with Gasteiger partial charge in [-0.3, -0.25) is 0 Å². The molecule has 3 heteroatoms. The molecular weight excluding hydrogens is 436 g/mol. The Morgan fingerprint density at radius 2 is 1.47 bits per heavy atom. The fourth-order valence-electron chi connectivity index (χ4n) is 1.64. The zero-order valence-corrected chi connectivity index (χ0v) is 13.6. The first-order valence-electron chi connectivity index (χ1n) is 5.49. The zero-order chi connectivity index (χ0) is 12.1. The van der Waals surface area contributed by atoms with Gasteiger partial charge in [-0.1, -0.05) is 30.3 Å². The Labute approximate surface area is 129 Å². The summed E-state index contributed by atoms with van der Waals surface area (Å²) in [6.07, 6.45) is 1.06. The van der Waals surface area contributed by atoms with Crippen LogP contribution in [0.4, 0.5) is 5.69 Å². The third-order valence-electron chi connectivity index (χ3n) is 2.54. The van der Waals surface area contributed by atoms with Gasteiger partial charge in [-0.15, -0.1) is 0 Å². The van der Waals surface area contributed by atoms with Crippen LogP contribution in [0.2, 0.25) is 0 Å². The quantitative estimate of drug-likeness (QED) is 0.676. The van der Waals surface area contributed by atoms with Gasteiger partial charge < -0.3 is 5.32 Å². The van der Waals surface area contributed by atoms with Gasteiger partial charge in [0.15, 0.2) is 0 Å². The van der Waals surface area contributed by atoms with Gasteiger partial charge in [-0.2, -0.15) is 0 Å². The Balaban J connectivity index is 1.93. The number of hydrogen-bond donors (Lipinski definition) is 1. The lowest BCUT2D eigenvalue weighted by Gasteiger charge is -2.09. The molecule has 0 spiro atoms. The van der Waals surface area contributed by atoms with Gasteiger partial charge >= 0.3 is 0 Å². The number of hydrogen-bond acceptors (Lipinski definition) is 1. The minimum atomic E-state index is 0.972. The van der Waals surface area contributed by atoms with Crippen molar-refractivity contribution in [3.63, 3.8) is 0 Å². The molecule has 17 heavy (non-hydrogen) atoms. The van der Waals surface area contributed by atoms with Crippen LogP contribution in [-0.2, 0) is 6.42 Å². The molecule has 0 atom stereocenters. The van der Waals surface area contributed by atoms with E-state index in [-0.39, 0.29) is 0 Å². The second kappa shape index (κ2) is 6.58. The van der Waals surface area contributed by atoms with Gasteiger partial charge in [-0.25, -0.2) is 0 Å². The number of halogens is 2. The van der Waals surface area contributed by atoms with E-state index in [4.69, 9.17) is 0 Å². The minimum Gasteiger partial charge on any atom is -0.384 e. The van der Waals surface area contributed by atoms with E-state index >= 15 is 0 Å². The molecule has 0 aliphatic rings. The Morgan fingerprint density at radius 1 is 0.824 bits per heavy atom. The van der Waals surface area contributed by atoms with E-state index in [9.17, 15) is 0 Å². The van der Waals surface area contributed by atoms with Crippen LogP contribution in [0.1, 0.15) is 5.56 Å².